The molecule has 17 heavy (non-hydrogen) atoms. The summed E-state index contributed by atoms with van der Waals surface area (Å²) in [5, 5.41) is 9.99. The van der Waals surface area contributed by atoms with Crippen LogP contribution < -0.4 is 0 Å². The smallest absolute Gasteiger partial charge is 0.233 e. The molecular formula is C13H19NO3. The largest absolute Gasteiger partial charge is 0.388 e. The molecule has 1 heterocycles. The first-order valence-electron chi connectivity index (χ1n) is 6.19. The van der Waals surface area contributed by atoms with Gasteiger partial charge in [0.2, 0.25) is 11.8 Å². The first kappa shape index (κ1) is 12.3. The maximum atomic E-state index is 12.1. The van der Waals surface area contributed by atoms with Crippen LogP contribution in [0.1, 0.15) is 33.1 Å². The molecule has 0 spiro atoms. The van der Waals surface area contributed by atoms with Crippen molar-refractivity contribution in [2.24, 2.45) is 11.8 Å². The number of likely N-dealkylation sites (tertiary alicyclic amines) is 1. The fraction of sp³-hybridized carbons (Fsp3) is 0.692. The van der Waals surface area contributed by atoms with Crippen LogP contribution in [0.3, 0.4) is 0 Å². The van der Waals surface area contributed by atoms with Gasteiger partial charge in [-0.3, -0.25) is 14.5 Å². The van der Waals surface area contributed by atoms with Gasteiger partial charge in [0.15, 0.2) is 0 Å². The Labute approximate surface area is 101 Å². The summed E-state index contributed by atoms with van der Waals surface area (Å²) in [6.07, 6.45) is 5.76. The molecule has 0 radical (unpaired) electrons. The van der Waals surface area contributed by atoms with Crippen LogP contribution in [0.4, 0.5) is 0 Å². The van der Waals surface area contributed by atoms with Gasteiger partial charge >= 0.3 is 0 Å². The van der Waals surface area contributed by atoms with E-state index >= 15 is 0 Å². The van der Waals surface area contributed by atoms with E-state index in [-0.39, 0.29) is 30.2 Å². The van der Waals surface area contributed by atoms with Crippen LogP contribution in [-0.2, 0) is 9.59 Å². The van der Waals surface area contributed by atoms with E-state index in [1.165, 1.54) is 4.90 Å². The van der Waals surface area contributed by atoms with Crippen molar-refractivity contribution in [1.82, 2.24) is 4.90 Å². The lowest BCUT2D eigenvalue weighted by Crippen LogP contribution is -2.43. The van der Waals surface area contributed by atoms with Gasteiger partial charge in [0.25, 0.3) is 0 Å². The maximum Gasteiger partial charge on any atom is 0.233 e. The Bertz CT molecular complexity index is 347. The van der Waals surface area contributed by atoms with Crippen molar-refractivity contribution in [3.05, 3.63) is 12.2 Å². The number of hydrogen-bond donors (Lipinski definition) is 1. The molecule has 1 unspecified atom stereocenters. The minimum Gasteiger partial charge on any atom is -0.388 e. The molecule has 0 aromatic carbocycles. The van der Waals surface area contributed by atoms with Gasteiger partial charge in [-0.15, -0.1) is 0 Å². The molecule has 3 atom stereocenters. The van der Waals surface area contributed by atoms with E-state index in [1.807, 2.05) is 19.1 Å². The van der Waals surface area contributed by atoms with Gasteiger partial charge in [-0.1, -0.05) is 19.1 Å². The third kappa shape index (κ3) is 2.14. The molecule has 1 fully saturated rings. The Balaban J connectivity index is 2.16. The summed E-state index contributed by atoms with van der Waals surface area (Å²) >= 11 is 0. The van der Waals surface area contributed by atoms with Gasteiger partial charge < -0.3 is 5.11 Å². The molecule has 1 N–H and O–H groups in total. The number of amides is 2. The van der Waals surface area contributed by atoms with Crippen molar-refractivity contribution >= 4 is 11.8 Å². The van der Waals surface area contributed by atoms with Crippen LogP contribution in [0.2, 0.25) is 0 Å². The van der Waals surface area contributed by atoms with Crippen LogP contribution in [0.5, 0.6) is 0 Å². The van der Waals surface area contributed by atoms with E-state index in [4.69, 9.17) is 0 Å². The molecule has 1 saturated heterocycles. The SMILES string of the molecule is CCC(C)(O)CN1C(=O)[C@H]2CC=CC[C@H]2C1=O. The zero-order valence-corrected chi connectivity index (χ0v) is 10.3. The van der Waals surface area contributed by atoms with Crippen LogP contribution in [0.25, 0.3) is 0 Å². The number of rotatable bonds is 3. The molecule has 1 aliphatic heterocycles. The van der Waals surface area contributed by atoms with Crippen LogP contribution in [-0.4, -0.2) is 34.0 Å². The number of aliphatic hydroxyl groups is 1. The standard InChI is InChI=1S/C13H19NO3/c1-3-13(2,17)8-14-11(15)9-6-4-5-7-10(9)12(14)16/h4-5,9-10,17H,3,6-8H2,1-2H3/t9-,10+,13?. The van der Waals surface area contributed by atoms with Crippen molar-refractivity contribution in [2.75, 3.05) is 6.54 Å². The number of hydrogen-bond acceptors (Lipinski definition) is 3. The lowest BCUT2D eigenvalue weighted by atomic mass is 9.85. The minimum atomic E-state index is -0.980. The second-order valence-corrected chi connectivity index (χ2v) is 5.27. The van der Waals surface area contributed by atoms with Gasteiger partial charge in [0.1, 0.15) is 0 Å². The van der Waals surface area contributed by atoms with E-state index in [9.17, 15) is 14.7 Å². The highest BCUT2D eigenvalue weighted by molar-refractivity contribution is 6.05. The minimum absolute atomic E-state index is 0.113. The first-order chi connectivity index (χ1) is 7.96. The molecule has 0 aromatic rings. The fourth-order valence-electron chi connectivity index (χ4n) is 2.48. The number of imide groups is 1. The van der Waals surface area contributed by atoms with E-state index < -0.39 is 5.60 Å². The molecule has 0 aromatic heterocycles. The van der Waals surface area contributed by atoms with Crippen LogP contribution >= 0.6 is 0 Å². The Morgan fingerprint density at radius 3 is 2.18 bits per heavy atom. The van der Waals surface area contributed by atoms with E-state index in [2.05, 4.69) is 0 Å². The fourth-order valence-corrected chi connectivity index (χ4v) is 2.48. The average molecular weight is 237 g/mol. The Morgan fingerprint density at radius 2 is 1.76 bits per heavy atom. The van der Waals surface area contributed by atoms with E-state index in [1.54, 1.807) is 6.92 Å². The molecule has 4 nitrogen and oxygen atoms in total. The predicted molar refractivity (Wildman–Crippen MR) is 63.0 cm³/mol. The normalized spacial score (nSPS) is 31.6. The average Bonchev–Trinajstić information content (AvgIpc) is 2.55. The summed E-state index contributed by atoms with van der Waals surface area (Å²) in [6.45, 7) is 3.63. The highest BCUT2D eigenvalue weighted by atomic mass is 16.3. The van der Waals surface area contributed by atoms with Gasteiger partial charge in [0, 0.05) is 0 Å². The number of β-amino-alcohol motifs (C(OH)–C–C–N with tert-alkyl or cyclic N) is 1. The summed E-state index contributed by atoms with van der Waals surface area (Å²) < 4.78 is 0. The Hall–Kier alpha value is -1.16. The number of allylic oxidation sites excluding steroid dienone is 2. The van der Waals surface area contributed by atoms with Crippen LogP contribution in [0, 0.1) is 11.8 Å². The Kier molecular flexibility index (Phi) is 3.08. The molecule has 2 aliphatic rings. The zero-order valence-electron chi connectivity index (χ0n) is 10.3. The lowest BCUT2D eigenvalue weighted by Gasteiger charge is -2.26. The number of carbonyl (C=O) groups is 2. The molecule has 2 amide bonds. The van der Waals surface area contributed by atoms with Gasteiger partial charge in [-0.05, 0) is 26.2 Å². The third-order valence-electron chi connectivity index (χ3n) is 3.86. The monoisotopic (exact) mass is 237 g/mol. The third-order valence-corrected chi connectivity index (χ3v) is 3.86. The van der Waals surface area contributed by atoms with E-state index in [0.717, 1.165) is 0 Å². The van der Waals surface area contributed by atoms with E-state index in [0.29, 0.717) is 19.3 Å². The van der Waals surface area contributed by atoms with Crippen molar-refractivity contribution in [1.29, 1.82) is 0 Å². The first-order valence-corrected chi connectivity index (χ1v) is 6.19. The summed E-state index contributed by atoms with van der Waals surface area (Å²) in [4.78, 5) is 25.5. The Morgan fingerprint density at radius 1 is 1.29 bits per heavy atom. The molecule has 2 rings (SSSR count). The number of fused-ring (bicyclic) bond motifs is 1. The topological polar surface area (TPSA) is 57.6 Å². The van der Waals surface area contributed by atoms with Crippen molar-refractivity contribution in [3.63, 3.8) is 0 Å². The van der Waals surface area contributed by atoms with Gasteiger partial charge in [-0.25, -0.2) is 0 Å². The highest BCUT2D eigenvalue weighted by Crippen LogP contribution is 2.35. The molecule has 94 valence electrons. The quantitative estimate of drug-likeness (QED) is 0.590. The second kappa shape index (κ2) is 4.26. The molecule has 4 heteroatoms. The number of nitrogens with zero attached hydrogens (tertiary/aromatic N) is 1. The van der Waals surface area contributed by atoms with Crippen LogP contribution in [0.15, 0.2) is 12.2 Å². The molecule has 1 aliphatic carbocycles. The maximum absolute atomic E-state index is 12.1. The summed E-state index contributed by atoms with van der Waals surface area (Å²) in [5.41, 5.74) is -0.980. The lowest BCUT2D eigenvalue weighted by molar-refractivity contribution is -0.143. The van der Waals surface area contributed by atoms with Crippen molar-refractivity contribution < 1.29 is 14.7 Å². The zero-order chi connectivity index (χ0) is 12.6. The van der Waals surface area contributed by atoms with Crippen molar-refractivity contribution in [2.45, 2.75) is 38.7 Å². The second-order valence-electron chi connectivity index (χ2n) is 5.27. The molecular weight excluding hydrogens is 218 g/mol. The summed E-state index contributed by atoms with van der Waals surface area (Å²) in [5.74, 6) is -0.614. The summed E-state index contributed by atoms with van der Waals surface area (Å²) in [6, 6.07) is 0. The van der Waals surface area contributed by atoms with Crippen molar-refractivity contribution in [3.8, 4) is 0 Å². The number of carbonyl (C=O) groups excluding carboxylic acids is 2. The highest BCUT2D eigenvalue weighted by Gasteiger charge is 2.48. The van der Waals surface area contributed by atoms with Gasteiger partial charge in [0.05, 0.1) is 24.0 Å². The van der Waals surface area contributed by atoms with Gasteiger partial charge in [-0.2, -0.15) is 0 Å². The predicted octanol–water partition coefficient (Wildman–Crippen LogP) is 1.10. The summed E-state index contributed by atoms with van der Waals surface area (Å²) in [7, 11) is 0. The molecule has 0 saturated carbocycles. The molecule has 0 bridgehead atoms.